The number of hydrogen-bond acceptors (Lipinski definition) is 2. The van der Waals surface area contributed by atoms with Gasteiger partial charge in [0.1, 0.15) is 0 Å². The number of rotatable bonds is 2. The zero-order valence-electron chi connectivity index (χ0n) is 8.33. The fourth-order valence-corrected chi connectivity index (χ4v) is 2.12. The van der Waals surface area contributed by atoms with E-state index in [2.05, 4.69) is 6.92 Å². The van der Waals surface area contributed by atoms with E-state index < -0.39 is 11.8 Å². The van der Waals surface area contributed by atoms with Crippen LogP contribution in [0.3, 0.4) is 0 Å². The molecule has 1 fully saturated rings. The highest BCUT2D eigenvalue weighted by Crippen LogP contribution is 2.47. The van der Waals surface area contributed by atoms with Gasteiger partial charge in [-0.3, -0.25) is 4.79 Å². The molecule has 0 spiro atoms. The number of carbonyl (C=O) groups is 2. The van der Waals surface area contributed by atoms with Crippen LogP contribution in [-0.4, -0.2) is 16.9 Å². The number of ketones is 1. The normalized spacial score (nSPS) is 31.6. The quantitative estimate of drug-likeness (QED) is 0.665. The lowest BCUT2D eigenvalue weighted by molar-refractivity contribution is -0.152. The van der Waals surface area contributed by atoms with Crippen molar-refractivity contribution in [2.45, 2.75) is 33.6 Å². The molecule has 0 saturated heterocycles. The predicted molar refractivity (Wildman–Crippen MR) is 48.3 cm³/mol. The van der Waals surface area contributed by atoms with Crippen molar-refractivity contribution in [3.63, 3.8) is 0 Å². The summed E-state index contributed by atoms with van der Waals surface area (Å²) in [5.74, 6) is -1.76. The summed E-state index contributed by atoms with van der Waals surface area (Å²) in [5, 5.41) is 8.61. The van der Waals surface area contributed by atoms with E-state index in [1.54, 1.807) is 0 Å². The summed E-state index contributed by atoms with van der Waals surface area (Å²) in [6.07, 6.45) is 1.68. The molecule has 0 amide bonds. The smallest absolute Gasteiger partial charge is 0.372 e. The van der Waals surface area contributed by atoms with E-state index in [4.69, 9.17) is 5.11 Å². The molecule has 0 aliphatic heterocycles. The van der Waals surface area contributed by atoms with Crippen molar-refractivity contribution in [3.05, 3.63) is 0 Å². The molecule has 3 heteroatoms. The lowest BCUT2D eigenvalue weighted by Gasteiger charge is -2.29. The molecule has 2 atom stereocenters. The summed E-state index contributed by atoms with van der Waals surface area (Å²) in [4.78, 5) is 21.8. The molecular formula is C10H16O3. The molecule has 0 radical (unpaired) electrons. The molecule has 0 bridgehead atoms. The van der Waals surface area contributed by atoms with Gasteiger partial charge in [-0.25, -0.2) is 4.79 Å². The first-order valence-corrected chi connectivity index (χ1v) is 4.64. The first kappa shape index (κ1) is 10.2. The second kappa shape index (κ2) is 3.13. The maximum absolute atomic E-state index is 11.3. The van der Waals surface area contributed by atoms with Gasteiger partial charge < -0.3 is 5.11 Å². The van der Waals surface area contributed by atoms with Gasteiger partial charge in [-0.05, 0) is 24.2 Å². The average molecular weight is 184 g/mol. The first-order chi connectivity index (χ1) is 5.87. The zero-order valence-corrected chi connectivity index (χ0v) is 8.33. The molecule has 2 unspecified atom stereocenters. The van der Waals surface area contributed by atoms with E-state index in [9.17, 15) is 9.59 Å². The molecule has 1 aliphatic rings. The van der Waals surface area contributed by atoms with Crippen molar-refractivity contribution < 1.29 is 14.7 Å². The molecule has 1 N–H and O–H groups in total. The minimum absolute atomic E-state index is 0.157. The van der Waals surface area contributed by atoms with Crippen molar-refractivity contribution >= 4 is 11.8 Å². The monoisotopic (exact) mass is 184 g/mol. The van der Waals surface area contributed by atoms with Gasteiger partial charge in [0.25, 0.3) is 0 Å². The van der Waals surface area contributed by atoms with Crippen molar-refractivity contribution in [2.24, 2.45) is 17.3 Å². The van der Waals surface area contributed by atoms with Crippen LogP contribution in [0.4, 0.5) is 0 Å². The molecule has 1 saturated carbocycles. The lowest BCUT2D eigenvalue weighted by Crippen LogP contribution is -2.33. The van der Waals surface area contributed by atoms with E-state index in [0.29, 0.717) is 5.92 Å². The highest BCUT2D eigenvalue weighted by Gasteiger charge is 2.46. The van der Waals surface area contributed by atoms with Gasteiger partial charge in [-0.1, -0.05) is 20.8 Å². The highest BCUT2D eigenvalue weighted by atomic mass is 16.4. The van der Waals surface area contributed by atoms with E-state index in [0.717, 1.165) is 12.8 Å². The van der Waals surface area contributed by atoms with Crippen LogP contribution >= 0.6 is 0 Å². The Bertz CT molecular complexity index is 243. The lowest BCUT2D eigenvalue weighted by atomic mass is 9.74. The summed E-state index contributed by atoms with van der Waals surface area (Å²) in [6.45, 7) is 6.04. The second-order valence-corrected chi connectivity index (χ2v) is 4.52. The Kier molecular flexibility index (Phi) is 2.46. The van der Waals surface area contributed by atoms with Crippen LogP contribution in [0.15, 0.2) is 0 Å². The molecule has 3 nitrogen and oxygen atoms in total. The van der Waals surface area contributed by atoms with Gasteiger partial charge in [0.15, 0.2) is 0 Å². The van der Waals surface area contributed by atoms with Gasteiger partial charge in [0.05, 0.1) is 0 Å². The van der Waals surface area contributed by atoms with Crippen LogP contribution in [0, 0.1) is 17.3 Å². The van der Waals surface area contributed by atoms with Crippen molar-refractivity contribution in [1.29, 1.82) is 0 Å². The zero-order chi connectivity index (χ0) is 10.2. The van der Waals surface area contributed by atoms with E-state index in [1.165, 1.54) is 0 Å². The van der Waals surface area contributed by atoms with Gasteiger partial charge >= 0.3 is 5.97 Å². The standard InChI is InChI=1S/C10H16O3/c1-6-4-5-7(10(6,2)3)8(11)9(12)13/h6-7H,4-5H2,1-3H3,(H,12,13). The molecular weight excluding hydrogens is 168 g/mol. The Morgan fingerprint density at radius 3 is 2.15 bits per heavy atom. The summed E-state index contributed by atoms with van der Waals surface area (Å²) in [7, 11) is 0. The van der Waals surface area contributed by atoms with Crippen molar-refractivity contribution in [3.8, 4) is 0 Å². The molecule has 74 valence electrons. The van der Waals surface area contributed by atoms with Gasteiger partial charge in [-0.2, -0.15) is 0 Å². The average Bonchev–Trinajstić information content (AvgIpc) is 2.26. The van der Waals surface area contributed by atoms with E-state index >= 15 is 0 Å². The minimum atomic E-state index is -1.29. The summed E-state index contributed by atoms with van der Waals surface area (Å²) >= 11 is 0. The third kappa shape index (κ3) is 1.60. The van der Waals surface area contributed by atoms with E-state index in [-0.39, 0.29) is 11.3 Å². The first-order valence-electron chi connectivity index (χ1n) is 4.64. The maximum Gasteiger partial charge on any atom is 0.372 e. The number of carbonyl (C=O) groups excluding carboxylic acids is 1. The van der Waals surface area contributed by atoms with Gasteiger partial charge in [0.2, 0.25) is 5.78 Å². The molecule has 0 aromatic carbocycles. The third-order valence-electron chi connectivity index (χ3n) is 3.58. The molecule has 0 heterocycles. The fraction of sp³-hybridized carbons (Fsp3) is 0.800. The van der Waals surface area contributed by atoms with Crippen molar-refractivity contribution in [1.82, 2.24) is 0 Å². The second-order valence-electron chi connectivity index (χ2n) is 4.52. The molecule has 13 heavy (non-hydrogen) atoms. The number of Topliss-reactive ketones (excluding diaryl/α,β-unsaturated/α-hetero) is 1. The molecule has 0 aromatic rings. The number of hydrogen-bond donors (Lipinski definition) is 1. The van der Waals surface area contributed by atoms with Gasteiger partial charge in [0, 0.05) is 5.92 Å². The molecule has 0 aromatic heterocycles. The number of aliphatic carboxylic acids is 1. The Morgan fingerprint density at radius 2 is 1.85 bits per heavy atom. The van der Waals surface area contributed by atoms with Crippen LogP contribution in [0.2, 0.25) is 0 Å². The van der Waals surface area contributed by atoms with Crippen LogP contribution in [0.25, 0.3) is 0 Å². The maximum atomic E-state index is 11.3. The summed E-state index contributed by atoms with van der Waals surface area (Å²) < 4.78 is 0. The summed E-state index contributed by atoms with van der Waals surface area (Å²) in [5.41, 5.74) is -0.157. The summed E-state index contributed by atoms with van der Waals surface area (Å²) in [6, 6.07) is 0. The Labute approximate surface area is 78.1 Å². The Hall–Kier alpha value is -0.860. The predicted octanol–water partition coefficient (Wildman–Crippen LogP) is 1.71. The van der Waals surface area contributed by atoms with Crippen LogP contribution in [-0.2, 0) is 9.59 Å². The molecule has 1 rings (SSSR count). The molecule has 1 aliphatic carbocycles. The minimum Gasteiger partial charge on any atom is -0.475 e. The topological polar surface area (TPSA) is 54.4 Å². The van der Waals surface area contributed by atoms with Crippen LogP contribution in [0.5, 0.6) is 0 Å². The number of carboxylic acid groups (broad SMARTS) is 1. The Morgan fingerprint density at radius 1 is 1.31 bits per heavy atom. The van der Waals surface area contributed by atoms with Crippen LogP contribution < -0.4 is 0 Å². The highest BCUT2D eigenvalue weighted by molar-refractivity contribution is 6.33. The van der Waals surface area contributed by atoms with E-state index in [1.807, 2.05) is 13.8 Å². The SMILES string of the molecule is CC1CCC(C(=O)C(=O)O)C1(C)C. The van der Waals surface area contributed by atoms with Crippen molar-refractivity contribution in [2.75, 3.05) is 0 Å². The largest absolute Gasteiger partial charge is 0.475 e. The number of carboxylic acids is 1. The fourth-order valence-electron chi connectivity index (χ4n) is 2.12. The third-order valence-corrected chi connectivity index (χ3v) is 3.58. The Balaban J connectivity index is 2.84. The van der Waals surface area contributed by atoms with Crippen LogP contribution in [0.1, 0.15) is 33.6 Å². The van der Waals surface area contributed by atoms with Gasteiger partial charge in [-0.15, -0.1) is 0 Å².